The van der Waals surface area contributed by atoms with E-state index in [2.05, 4.69) is 15.2 Å². The molecule has 1 saturated heterocycles. The van der Waals surface area contributed by atoms with Crippen molar-refractivity contribution in [1.82, 2.24) is 24.5 Å². The summed E-state index contributed by atoms with van der Waals surface area (Å²) in [7, 11) is 1.61. The minimum Gasteiger partial charge on any atom is -0.481 e. The average Bonchev–Trinajstić information content (AvgIpc) is 3.45. The number of fused-ring (bicyclic) bond motifs is 2. The van der Waals surface area contributed by atoms with Gasteiger partial charge < -0.3 is 10.0 Å². The molecule has 0 atom stereocenters. The van der Waals surface area contributed by atoms with Crippen LogP contribution in [-0.4, -0.2) is 48.7 Å². The second-order valence-electron chi connectivity index (χ2n) is 9.63. The Labute approximate surface area is 214 Å². The SMILES string of the molecule is Cc1cc(F)cc2c(-c3c(F)cc(F)c4nn(C)cc34)nn(-c3ccc(N4CCC(C(=O)O)CC4)nc3)c12. The molecule has 5 aromatic rings. The molecular formula is C27H23F3N6O2. The number of benzene rings is 2. The van der Waals surface area contributed by atoms with Gasteiger partial charge in [0.05, 0.1) is 23.3 Å². The van der Waals surface area contributed by atoms with Gasteiger partial charge in [-0.15, -0.1) is 0 Å². The van der Waals surface area contributed by atoms with Gasteiger partial charge >= 0.3 is 5.97 Å². The van der Waals surface area contributed by atoms with E-state index in [0.717, 1.165) is 6.07 Å². The fourth-order valence-corrected chi connectivity index (χ4v) is 5.29. The van der Waals surface area contributed by atoms with Crippen molar-refractivity contribution in [3.8, 4) is 16.9 Å². The summed E-state index contributed by atoms with van der Waals surface area (Å²) >= 11 is 0. The highest BCUT2D eigenvalue weighted by molar-refractivity contribution is 6.04. The summed E-state index contributed by atoms with van der Waals surface area (Å²) in [5.41, 5.74) is 1.93. The molecule has 6 rings (SSSR count). The van der Waals surface area contributed by atoms with E-state index in [1.54, 1.807) is 24.9 Å². The van der Waals surface area contributed by atoms with Crippen LogP contribution in [-0.2, 0) is 11.8 Å². The average molecular weight is 521 g/mol. The van der Waals surface area contributed by atoms with E-state index in [0.29, 0.717) is 53.9 Å². The molecule has 194 valence electrons. The number of pyridine rings is 1. The summed E-state index contributed by atoms with van der Waals surface area (Å²) in [5.74, 6) is -2.53. The first-order chi connectivity index (χ1) is 18.2. The van der Waals surface area contributed by atoms with Crippen LogP contribution in [0.2, 0.25) is 0 Å². The van der Waals surface area contributed by atoms with Gasteiger partial charge in [0.2, 0.25) is 0 Å². The summed E-state index contributed by atoms with van der Waals surface area (Å²) in [6, 6.07) is 7.07. The number of carboxylic acids is 1. The summed E-state index contributed by atoms with van der Waals surface area (Å²) in [6.07, 6.45) is 4.22. The normalized spacial score (nSPS) is 14.6. The number of rotatable bonds is 4. The molecule has 1 fully saturated rings. The van der Waals surface area contributed by atoms with Gasteiger partial charge in [0.25, 0.3) is 0 Å². The number of piperidine rings is 1. The van der Waals surface area contributed by atoms with Gasteiger partial charge in [-0.05, 0) is 49.6 Å². The molecule has 0 bridgehead atoms. The molecule has 0 saturated carbocycles. The van der Waals surface area contributed by atoms with Crippen LogP contribution in [0.15, 0.2) is 42.7 Å². The van der Waals surface area contributed by atoms with Crippen molar-refractivity contribution >= 4 is 33.6 Å². The van der Waals surface area contributed by atoms with E-state index in [1.165, 1.54) is 23.0 Å². The molecule has 8 nitrogen and oxygen atoms in total. The zero-order valence-corrected chi connectivity index (χ0v) is 20.6. The molecule has 0 amide bonds. The first kappa shape index (κ1) is 24.0. The van der Waals surface area contributed by atoms with E-state index in [9.17, 15) is 18.7 Å². The highest BCUT2D eigenvalue weighted by atomic mass is 19.1. The number of aliphatic carboxylic acids is 1. The van der Waals surface area contributed by atoms with Crippen molar-refractivity contribution in [1.29, 1.82) is 0 Å². The Morgan fingerprint density at radius 3 is 2.47 bits per heavy atom. The molecular weight excluding hydrogens is 497 g/mol. The molecule has 0 radical (unpaired) electrons. The first-order valence-corrected chi connectivity index (χ1v) is 12.2. The second kappa shape index (κ2) is 8.86. The summed E-state index contributed by atoms with van der Waals surface area (Å²) in [5, 5.41) is 18.6. The molecule has 1 N–H and O–H groups in total. The van der Waals surface area contributed by atoms with Crippen LogP contribution in [0.1, 0.15) is 18.4 Å². The highest BCUT2D eigenvalue weighted by Crippen LogP contribution is 2.38. The third-order valence-corrected chi connectivity index (χ3v) is 7.13. The lowest BCUT2D eigenvalue weighted by molar-refractivity contribution is -0.142. The number of carboxylic acid groups (broad SMARTS) is 1. The Hall–Kier alpha value is -4.41. The lowest BCUT2D eigenvalue weighted by atomic mass is 9.97. The van der Waals surface area contributed by atoms with Gasteiger partial charge in [-0.3, -0.25) is 9.48 Å². The lowest BCUT2D eigenvalue weighted by Gasteiger charge is -2.31. The van der Waals surface area contributed by atoms with Gasteiger partial charge in [0, 0.05) is 48.7 Å². The fourth-order valence-electron chi connectivity index (χ4n) is 5.29. The topological polar surface area (TPSA) is 89.1 Å². The molecule has 0 unspecified atom stereocenters. The molecule has 4 heterocycles. The number of hydrogen-bond donors (Lipinski definition) is 1. The molecule has 3 aromatic heterocycles. The van der Waals surface area contributed by atoms with Gasteiger partial charge in [-0.25, -0.2) is 22.8 Å². The monoisotopic (exact) mass is 520 g/mol. The van der Waals surface area contributed by atoms with Crippen LogP contribution in [0.5, 0.6) is 0 Å². The molecule has 11 heteroatoms. The predicted molar refractivity (Wildman–Crippen MR) is 136 cm³/mol. The zero-order chi connectivity index (χ0) is 26.7. The van der Waals surface area contributed by atoms with Crippen LogP contribution in [0, 0.1) is 30.3 Å². The van der Waals surface area contributed by atoms with Crippen LogP contribution >= 0.6 is 0 Å². The van der Waals surface area contributed by atoms with Crippen molar-refractivity contribution in [2.75, 3.05) is 18.0 Å². The molecule has 0 aliphatic carbocycles. The Bertz CT molecular complexity index is 1720. The second-order valence-corrected chi connectivity index (χ2v) is 9.63. The number of carbonyl (C=O) groups is 1. The maximum Gasteiger partial charge on any atom is 0.306 e. The number of halogens is 3. The smallest absolute Gasteiger partial charge is 0.306 e. The predicted octanol–water partition coefficient (Wildman–Crippen LogP) is 5.00. The van der Waals surface area contributed by atoms with Crippen molar-refractivity contribution in [2.24, 2.45) is 13.0 Å². The van der Waals surface area contributed by atoms with Crippen molar-refractivity contribution in [3.05, 3.63) is 65.7 Å². The van der Waals surface area contributed by atoms with E-state index < -0.39 is 23.4 Å². The molecule has 0 spiro atoms. The Balaban J connectivity index is 1.47. The number of nitrogens with zero attached hydrogens (tertiary/aromatic N) is 6. The van der Waals surface area contributed by atoms with Crippen LogP contribution in [0.3, 0.4) is 0 Å². The van der Waals surface area contributed by atoms with Crippen LogP contribution in [0.25, 0.3) is 38.8 Å². The van der Waals surface area contributed by atoms with E-state index in [4.69, 9.17) is 0 Å². The van der Waals surface area contributed by atoms with Crippen LogP contribution in [0.4, 0.5) is 19.0 Å². The van der Waals surface area contributed by atoms with E-state index >= 15 is 4.39 Å². The van der Waals surface area contributed by atoms with Crippen LogP contribution < -0.4 is 4.90 Å². The third-order valence-electron chi connectivity index (χ3n) is 7.13. The quantitative estimate of drug-likeness (QED) is 0.359. The Kier molecular flexibility index (Phi) is 5.59. The number of aryl methyl sites for hydroxylation is 2. The maximum atomic E-state index is 15.3. The number of hydrogen-bond acceptors (Lipinski definition) is 5. The van der Waals surface area contributed by atoms with Gasteiger partial charge in [0.15, 0.2) is 5.82 Å². The van der Waals surface area contributed by atoms with Gasteiger partial charge in [-0.2, -0.15) is 10.2 Å². The largest absolute Gasteiger partial charge is 0.481 e. The summed E-state index contributed by atoms with van der Waals surface area (Å²) in [4.78, 5) is 17.9. The minimum absolute atomic E-state index is 0.00240. The molecule has 38 heavy (non-hydrogen) atoms. The maximum absolute atomic E-state index is 15.3. The van der Waals surface area contributed by atoms with Crippen molar-refractivity contribution < 1.29 is 23.1 Å². The van der Waals surface area contributed by atoms with E-state index in [-0.39, 0.29) is 28.1 Å². The van der Waals surface area contributed by atoms with Crippen molar-refractivity contribution in [3.63, 3.8) is 0 Å². The molecule has 2 aromatic carbocycles. The third kappa shape index (κ3) is 3.85. The first-order valence-electron chi connectivity index (χ1n) is 12.2. The molecule has 1 aliphatic heterocycles. The lowest BCUT2D eigenvalue weighted by Crippen LogP contribution is -2.36. The Morgan fingerprint density at radius 2 is 1.79 bits per heavy atom. The van der Waals surface area contributed by atoms with E-state index in [1.807, 2.05) is 17.0 Å². The summed E-state index contributed by atoms with van der Waals surface area (Å²) in [6.45, 7) is 2.91. The fraction of sp³-hybridized carbons (Fsp3) is 0.259. The van der Waals surface area contributed by atoms with Gasteiger partial charge in [-0.1, -0.05) is 0 Å². The molecule has 1 aliphatic rings. The zero-order valence-electron chi connectivity index (χ0n) is 20.6. The Morgan fingerprint density at radius 1 is 1.03 bits per heavy atom. The highest BCUT2D eigenvalue weighted by Gasteiger charge is 2.26. The summed E-state index contributed by atoms with van der Waals surface area (Å²) < 4.78 is 47.3. The number of anilines is 1. The van der Waals surface area contributed by atoms with Crippen molar-refractivity contribution in [2.45, 2.75) is 19.8 Å². The standard InChI is InChI=1S/C27H23F3N6O2/c1-14-9-16(28)10-18-25(23-19-13-34(2)32-24(19)21(30)11-20(23)29)33-36(26(14)18)17-3-4-22(31-12-17)35-7-5-15(6-8-35)27(37)38/h3-4,9-13,15H,5-8H2,1-2H3,(H,37,38). The van der Waals surface area contributed by atoms with Gasteiger partial charge in [0.1, 0.15) is 28.7 Å². The minimum atomic E-state index is -0.824. The number of aromatic nitrogens is 5.